The molecule has 0 unspecified atom stereocenters. The van der Waals surface area contributed by atoms with E-state index < -0.39 is 11.2 Å². The van der Waals surface area contributed by atoms with Crippen molar-refractivity contribution in [3.8, 4) is 0 Å². The van der Waals surface area contributed by atoms with Gasteiger partial charge in [0, 0.05) is 0 Å². The fourth-order valence-electron chi connectivity index (χ4n) is 0.136. The minimum absolute atomic E-state index is 0.338. The van der Waals surface area contributed by atoms with E-state index in [0.717, 1.165) is 0 Å². The van der Waals surface area contributed by atoms with Gasteiger partial charge in [0.15, 0.2) is 4.49 Å². The van der Waals surface area contributed by atoms with Gasteiger partial charge in [-0.05, 0) is 18.2 Å². The Labute approximate surface area is 66.6 Å². The van der Waals surface area contributed by atoms with E-state index in [1.165, 1.54) is 0 Å². The normalized spacial score (nSPS) is 8.44. The topological polar surface area (TPSA) is 9.23 Å². The van der Waals surface area contributed by atoms with Crippen LogP contribution in [0.5, 0.6) is 0 Å². The zero-order valence-corrected chi connectivity index (χ0v) is 6.39. The minimum atomic E-state index is -1.06. The molecule has 0 aromatic carbocycles. The second-order valence-electron chi connectivity index (χ2n) is 0.991. The van der Waals surface area contributed by atoms with Crippen molar-refractivity contribution in [2.24, 2.45) is 0 Å². The van der Waals surface area contributed by atoms with Crippen molar-refractivity contribution in [2.45, 2.75) is 0 Å². The summed E-state index contributed by atoms with van der Waals surface area (Å²) in [6.07, 6.45) is 0. The molecule has 0 aromatic heterocycles. The molecule has 0 radical (unpaired) electrons. The molecule has 0 atom stereocenters. The third kappa shape index (κ3) is 4.58. The summed E-state index contributed by atoms with van der Waals surface area (Å²) < 4.78 is 15.4. The molecule has 0 fully saturated rings. The molecule has 5 heteroatoms. The number of rotatable bonds is 2. The molecule has 0 N–H and O–H groups in total. The predicted molar refractivity (Wildman–Crippen MR) is 35.9 cm³/mol. The molecule has 0 aliphatic carbocycles. The third-order valence-electron chi connectivity index (χ3n) is 0.349. The van der Waals surface area contributed by atoms with Crippen molar-refractivity contribution >= 4 is 34.8 Å². The lowest BCUT2D eigenvalue weighted by molar-refractivity contribution is 0.238. The van der Waals surface area contributed by atoms with Gasteiger partial charge in [-0.2, -0.15) is 4.39 Å². The SMILES string of the molecule is C=C(F)OC(Cl)=C(Cl)Cl. The fraction of sp³-hybridized carbons (Fsp3) is 0. The van der Waals surface area contributed by atoms with Gasteiger partial charge in [-0.25, -0.2) is 0 Å². The molecular formula is C4H2Cl3FO. The van der Waals surface area contributed by atoms with E-state index in [-0.39, 0.29) is 4.49 Å². The fourth-order valence-corrected chi connectivity index (χ4v) is 0.297. The Kier molecular flexibility index (Phi) is 4.02. The number of hydrogen-bond donors (Lipinski definition) is 0. The molecule has 52 valence electrons. The second-order valence-corrected chi connectivity index (χ2v) is 2.28. The summed E-state index contributed by atoms with van der Waals surface area (Å²) >= 11 is 15.2. The summed E-state index contributed by atoms with van der Waals surface area (Å²) in [5.74, 6) is 0. The van der Waals surface area contributed by atoms with Crippen molar-refractivity contribution in [2.75, 3.05) is 0 Å². The van der Waals surface area contributed by atoms with Crippen molar-refractivity contribution in [1.29, 1.82) is 0 Å². The zero-order valence-electron chi connectivity index (χ0n) is 4.13. The highest BCUT2D eigenvalue weighted by atomic mass is 35.5. The van der Waals surface area contributed by atoms with E-state index in [4.69, 9.17) is 34.8 Å². The van der Waals surface area contributed by atoms with Gasteiger partial charge in [0.25, 0.3) is 6.01 Å². The second kappa shape index (κ2) is 3.99. The monoisotopic (exact) mass is 190 g/mol. The Hall–Kier alpha value is 0.0800. The van der Waals surface area contributed by atoms with Crippen LogP contribution in [0, 0.1) is 0 Å². The first-order chi connectivity index (χ1) is 4.04. The molecule has 0 aliphatic heterocycles. The highest BCUT2D eigenvalue weighted by Gasteiger charge is 2.00. The summed E-state index contributed by atoms with van der Waals surface area (Å²) in [7, 11) is 0. The van der Waals surface area contributed by atoms with Crippen LogP contribution in [0.15, 0.2) is 22.3 Å². The molecule has 9 heavy (non-hydrogen) atoms. The van der Waals surface area contributed by atoms with Crippen LogP contribution in [0.25, 0.3) is 0 Å². The van der Waals surface area contributed by atoms with Crippen LogP contribution in [0.1, 0.15) is 0 Å². The highest BCUT2D eigenvalue weighted by molar-refractivity contribution is 6.59. The van der Waals surface area contributed by atoms with Gasteiger partial charge in [-0.3, -0.25) is 0 Å². The smallest absolute Gasteiger partial charge is 0.271 e. The molecule has 0 saturated carbocycles. The Morgan fingerprint density at radius 2 is 1.78 bits per heavy atom. The van der Waals surface area contributed by atoms with Gasteiger partial charge >= 0.3 is 0 Å². The quantitative estimate of drug-likeness (QED) is 0.609. The van der Waals surface area contributed by atoms with Crippen LogP contribution in [0.3, 0.4) is 0 Å². The highest BCUT2D eigenvalue weighted by Crippen LogP contribution is 2.20. The van der Waals surface area contributed by atoms with E-state index in [0.29, 0.717) is 0 Å². The van der Waals surface area contributed by atoms with Gasteiger partial charge < -0.3 is 4.74 Å². The van der Waals surface area contributed by atoms with Gasteiger partial charge in [-0.15, -0.1) is 0 Å². The van der Waals surface area contributed by atoms with Crippen molar-refractivity contribution < 1.29 is 9.13 Å². The summed E-state index contributed by atoms with van der Waals surface area (Å²) in [4.78, 5) is 0. The number of ether oxygens (including phenoxy) is 1. The molecule has 0 bridgehead atoms. The van der Waals surface area contributed by atoms with Gasteiger partial charge in [0.05, 0.1) is 0 Å². The average molecular weight is 191 g/mol. The molecule has 0 heterocycles. The van der Waals surface area contributed by atoms with Crippen LogP contribution in [-0.4, -0.2) is 0 Å². The molecule has 0 aromatic rings. The Morgan fingerprint density at radius 1 is 1.33 bits per heavy atom. The van der Waals surface area contributed by atoms with Crippen molar-refractivity contribution in [3.05, 3.63) is 22.3 Å². The van der Waals surface area contributed by atoms with Crippen molar-refractivity contribution in [3.63, 3.8) is 0 Å². The maximum Gasteiger partial charge on any atom is 0.271 e. The Bertz CT molecular complexity index is 150. The first kappa shape index (κ1) is 9.08. The van der Waals surface area contributed by atoms with Crippen molar-refractivity contribution in [1.82, 2.24) is 0 Å². The summed E-state index contributed by atoms with van der Waals surface area (Å²) in [5.41, 5.74) is 0. The Morgan fingerprint density at radius 3 is 1.89 bits per heavy atom. The van der Waals surface area contributed by atoms with E-state index in [1.807, 2.05) is 0 Å². The lowest BCUT2D eigenvalue weighted by Crippen LogP contribution is -1.79. The molecule has 0 rings (SSSR count). The molecule has 0 saturated heterocycles. The largest absolute Gasteiger partial charge is 0.417 e. The third-order valence-corrected chi connectivity index (χ3v) is 1.15. The summed E-state index contributed by atoms with van der Waals surface area (Å²) in [6.45, 7) is 2.75. The van der Waals surface area contributed by atoms with Crippen LogP contribution >= 0.6 is 34.8 Å². The molecular weight excluding hydrogens is 189 g/mol. The van der Waals surface area contributed by atoms with Crippen LogP contribution in [0.2, 0.25) is 0 Å². The zero-order chi connectivity index (χ0) is 7.44. The first-order valence-electron chi connectivity index (χ1n) is 1.77. The summed E-state index contributed by atoms with van der Waals surface area (Å²) in [6, 6.07) is -1.06. The maximum absolute atomic E-state index is 11.7. The van der Waals surface area contributed by atoms with E-state index >= 15 is 0 Å². The lowest BCUT2D eigenvalue weighted by atomic mass is 11.0. The molecule has 1 nitrogen and oxygen atoms in total. The van der Waals surface area contributed by atoms with Gasteiger partial charge in [0.2, 0.25) is 5.22 Å². The number of hydrogen-bond acceptors (Lipinski definition) is 1. The van der Waals surface area contributed by atoms with E-state index in [1.54, 1.807) is 0 Å². The Balaban J connectivity index is 3.92. The van der Waals surface area contributed by atoms with E-state index in [2.05, 4.69) is 11.3 Å². The maximum atomic E-state index is 11.7. The van der Waals surface area contributed by atoms with Gasteiger partial charge in [-0.1, -0.05) is 23.2 Å². The molecule has 0 spiro atoms. The van der Waals surface area contributed by atoms with Crippen LogP contribution in [-0.2, 0) is 4.74 Å². The lowest BCUT2D eigenvalue weighted by Gasteiger charge is -1.96. The minimum Gasteiger partial charge on any atom is -0.417 e. The molecule has 0 amide bonds. The van der Waals surface area contributed by atoms with Crippen LogP contribution < -0.4 is 0 Å². The average Bonchev–Trinajstić information content (AvgIpc) is 1.63. The standard InChI is InChI=1S/C4H2Cl3FO/c1-2(8)9-4(7)3(5)6/h1H2. The first-order valence-corrected chi connectivity index (χ1v) is 2.90. The van der Waals surface area contributed by atoms with E-state index in [9.17, 15) is 4.39 Å². The number of halogens is 4. The summed E-state index contributed by atoms with van der Waals surface area (Å²) in [5, 5.41) is -0.425. The predicted octanol–water partition coefficient (Wildman–Crippen LogP) is 3.29. The van der Waals surface area contributed by atoms with Gasteiger partial charge in [0.1, 0.15) is 0 Å². The molecule has 0 aliphatic rings. The van der Waals surface area contributed by atoms with Crippen LogP contribution in [0.4, 0.5) is 4.39 Å².